The van der Waals surface area contributed by atoms with Crippen LogP contribution in [-0.4, -0.2) is 18.4 Å². The molecule has 0 amide bonds. The van der Waals surface area contributed by atoms with Crippen LogP contribution in [-0.2, 0) is 0 Å². The summed E-state index contributed by atoms with van der Waals surface area (Å²) in [5.41, 5.74) is 4.48. The Morgan fingerprint density at radius 3 is 2.59 bits per heavy atom. The lowest BCUT2D eigenvalue weighted by atomic mass is 10.1. The maximum Gasteiger partial charge on any atom is 0.119 e. The zero-order chi connectivity index (χ0) is 20.6. The lowest BCUT2D eigenvalue weighted by molar-refractivity contribution is 0.410. The first-order valence-electron chi connectivity index (χ1n) is 9.94. The minimum absolute atomic E-state index is 0.238. The minimum atomic E-state index is 0.238. The van der Waals surface area contributed by atoms with E-state index in [1.54, 1.807) is 19.2 Å². The molecule has 0 aliphatic heterocycles. The van der Waals surface area contributed by atoms with Gasteiger partial charge in [-0.3, -0.25) is 4.99 Å². The summed E-state index contributed by atoms with van der Waals surface area (Å²) >= 11 is 0. The highest BCUT2D eigenvalue weighted by atomic mass is 31.1. The van der Waals surface area contributed by atoms with Crippen molar-refractivity contribution in [2.45, 2.75) is 32.3 Å². The number of aryl methyl sites for hydroxylation is 1. The van der Waals surface area contributed by atoms with E-state index in [0.717, 1.165) is 35.4 Å². The number of hydrogen-bond acceptors (Lipinski definition) is 3. The van der Waals surface area contributed by atoms with Crippen LogP contribution in [0.3, 0.4) is 0 Å². The standard InChI is InChI=1S/C25H28NO2P/c1-4-8-25(22-16-21(28-3)12-13-23(22)27)29-24-14-11-18(2)15-19(24)17-26-20-9-6-5-7-10-20/h5-7,9-17,25,27,29H,4,8H2,1-3H3. The Hall–Kier alpha value is -2.64. The smallest absolute Gasteiger partial charge is 0.119 e. The minimum Gasteiger partial charge on any atom is -0.508 e. The van der Waals surface area contributed by atoms with Crippen molar-refractivity contribution >= 4 is 25.8 Å². The van der Waals surface area contributed by atoms with Crippen molar-refractivity contribution in [3.8, 4) is 11.5 Å². The second-order valence-corrected chi connectivity index (χ2v) is 8.62. The molecule has 0 radical (unpaired) electrons. The summed E-state index contributed by atoms with van der Waals surface area (Å²) in [4.78, 5) is 4.66. The third kappa shape index (κ3) is 5.68. The largest absolute Gasteiger partial charge is 0.508 e. The van der Waals surface area contributed by atoms with Crippen molar-refractivity contribution in [2.24, 2.45) is 4.99 Å². The SMILES string of the molecule is CCCC(Pc1ccc(C)cc1C=Nc1ccccc1)c1cc(OC)ccc1O. The van der Waals surface area contributed by atoms with E-state index in [-0.39, 0.29) is 5.66 Å². The second-order valence-electron chi connectivity index (χ2n) is 7.09. The summed E-state index contributed by atoms with van der Waals surface area (Å²) in [6.45, 7) is 4.28. The van der Waals surface area contributed by atoms with E-state index >= 15 is 0 Å². The average Bonchev–Trinajstić information content (AvgIpc) is 2.74. The monoisotopic (exact) mass is 405 g/mol. The Morgan fingerprint density at radius 2 is 1.86 bits per heavy atom. The van der Waals surface area contributed by atoms with Crippen molar-refractivity contribution in [3.05, 3.63) is 83.4 Å². The van der Waals surface area contributed by atoms with E-state index in [1.165, 1.54) is 10.9 Å². The fourth-order valence-corrected chi connectivity index (χ4v) is 4.98. The summed E-state index contributed by atoms with van der Waals surface area (Å²) in [5, 5.41) is 11.8. The number of phenolic OH excluding ortho intramolecular Hbond substituents is 1. The van der Waals surface area contributed by atoms with Crippen LogP contribution in [0.1, 0.15) is 42.1 Å². The van der Waals surface area contributed by atoms with Gasteiger partial charge in [-0.15, -0.1) is 0 Å². The van der Waals surface area contributed by atoms with Gasteiger partial charge >= 0.3 is 0 Å². The summed E-state index contributed by atoms with van der Waals surface area (Å²) in [5.74, 6) is 1.11. The number of aromatic hydroxyl groups is 1. The van der Waals surface area contributed by atoms with E-state index in [4.69, 9.17) is 4.74 Å². The van der Waals surface area contributed by atoms with Crippen LogP contribution in [0.5, 0.6) is 11.5 Å². The zero-order valence-electron chi connectivity index (χ0n) is 17.2. The van der Waals surface area contributed by atoms with Gasteiger partial charge in [0.25, 0.3) is 0 Å². The van der Waals surface area contributed by atoms with Gasteiger partial charge in [0.15, 0.2) is 0 Å². The molecule has 2 unspecified atom stereocenters. The van der Waals surface area contributed by atoms with Crippen molar-refractivity contribution in [1.82, 2.24) is 0 Å². The second kappa shape index (κ2) is 10.2. The molecule has 3 aromatic carbocycles. The van der Waals surface area contributed by atoms with Crippen LogP contribution in [0, 0.1) is 6.92 Å². The number of benzene rings is 3. The lowest BCUT2D eigenvalue weighted by Gasteiger charge is -2.20. The maximum atomic E-state index is 10.5. The van der Waals surface area contributed by atoms with Crippen LogP contribution in [0.15, 0.2) is 71.7 Å². The van der Waals surface area contributed by atoms with Gasteiger partial charge in [0, 0.05) is 23.0 Å². The molecule has 0 saturated carbocycles. The third-order valence-corrected chi connectivity index (χ3v) is 6.55. The number of nitrogens with zero attached hydrogens (tertiary/aromatic N) is 1. The molecule has 2 atom stereocenters. The van der Waals surface area contributed by atoms with Crippen LogP contribution in [0.4, 0.5) is 5.69 Å². The predicted molar refractivity (Wildman–Crippen MR) is 125 cm³/mol. The van der Waals surface area contributed by atoms with Gasteiger partial charge in [-0.05, 0) is 55.0 Å². The molecule has 0 spiro atoms. The molecular weight excluding hydrogens is 377 g/mol. The highest BCUT2D eigenvalue weighted by Gasteiger charge is 2.18. The molecule has 0 fully saturated rings. The highest BCUT2D eigenvalue weighted by Crippen LogP contribution is 2.43. The Bertz CT molecular complexity index is 970. The van der Waals surface area contributed by atoms with Crippen LogP contribution in [0.2, 0.25) is 0 Å². The molecule has 0 aliphatic carbocycles. The number of aliphatic imine (C=N–C) groups is 1. The molecular formula is C25H28NO2P. The van der Waals surface area contributed by atoms with Gasteiger partial charge in [-0.2, -0.15) is 0 Å². The molecule has 4 heteroatoms. The molecule has 3 rings (SSSR count). The van der Waals surface area contributed by atoms with Crippen LogP contribution in [0.25, 0.3) is 0 Å². The number of methoxy groups -OCH3 is 1. The van der Waals surface area contributed by atoms with Crippen molar-refractivity contribution < 1.29 is 9.84 Å². The fourth-order valence-electron chi connectivity index (χ4n) is 3.30. The van der Waals surface area contributed by atoms with Gasteiger partial charge in [0.2, 0.25) is 0 Å². The Kier molecular flexibility index (Phi) is 7.43. The number of hydrogen-bond donors (Lipinski definition) is 1. The summed E-state index contributed by atoms with van der Waals surface area (Å²) in [6, 6.07) is 22.0. The summed E-state index contributed by atoms with van der Waals surface area (Å²) in [7, 11) is 2.19. The first-order chi connectivity index (χ1) is 14.1. The number of rotatable bonds is 8. The van der Waals surface area contributed by atoms with Gasteiger partial charge in [0.05, 0.1) is 12.8 Å². The molecule has 0 saturated heterocycles. The van der Waals surface area contributed by atoms with Gasteiger partial charge in [-0.25, -0.2) is 0 Å². The van der Waals surface area contributed by atoms with E-state index in [9.17, 15) is 5.11 Å². The Labute approximate surface area is 175 Å². The van der Waals surface area contributed by atoms with Crippen molar-refractivity contribution in [3.63, 3.8) is 0 Å². The molecule has 1 N–H and O–H groups in total. The van der Waals surface area contributed by atoms with Gasteiger partial charge < -0.3 is 9.84 Å². The van der Waals surface area contributed by atoms with E-state index in [2.05, 4.69) is 37.0 Å². The number of para-hydroxylation sites is 1. The molecule has 150 valence electrons. The van der Waals surface area contributed by atoms with E-state index in [0.29, 0.717) is 14.3 Å². The topological polar surface area (TPSA) is 41.8 Å². The first kappa shape index (κ1) is 21.1. The fraction of sp³-hybridized carbons (Fsp3) is 0.240. The molecule has 3 aromatic rings. The zero-order valence-corrected chi connectivity index (χ0v) is 18.2. The summed E-state index contributed by atoms with van der Waals surface area (Å²) in [6.07, 6.45) is 4.01. The first-order valence-corrected chi connectivity index (χ1v) is 11.0. The van der Waals surface area contributed by atoms with Crippen molar-refractivity contribution in [2.75, 3.05) is 7.11 Å². The normalized spacial score (nSPS) is 12.7. The molecule has 0 bridgehead atoms. The van der Waals surface area contributed by atoms with Gasteiger partial charge in [0.1, 0.15) is 11.5 Å². The quantitative estimate of drug-likeness (QED) is 0.353. The van der Waals surface area contributed by atoms with Crippen molar-refractivity contribution in [1.29, 1.82) is 0 Å². The van der Waals surface area contributed by atoms with Crippen LogP contribution >= 0.6 is 8.58 Å². The van der Waals surface area contributed by atoms with Gasteiger partial charge in [-0.1, -0.05) is 57.8 Å². The highest BCUT2D eigenvalue weighted by molar-refractivity contribution is 7.47. The maximum absolute atomic E-state index is 10.5. The molecule has 0 heterocycles. The molecule has 3 nitrogen and oxygen atoms in total. The Morgan fingerprint density at radius 1 is 1.07 bits per heavy atom. The molecule has 29 heavy (non-hydrogen) atoms. The van der Waals surface area contributed by atoms with E-state index < -0.39 is 0 Å². The third-order valence-electron chi connectivity index (χ3n) is 4.83. The number of phenols is 1. The predicted octanol–water partition coefficient (Wildman–Crippen LogP) is 6.31. The van der Waals surface area contributed by atoms with E-state index in [1.807, 2.05) is 42.6 Å². The lowest BCUT2D eigenvalue weighted by Crippen LogP contribution is -2.08. The average molecular weight is 405 g/mol. The van der Waals surface area contributed by atoms with Crippen LogP contribution < -0.4 is 10.0 Å². The summed E-state index contributed by atoms with van der Waals surface area (Å²) < 4.78 is 5.39. The molecule has 0 aromatic heterocycles. The molecule has 0 aliphatic rings. The number of ether oxygens (including phenoxy) is 1. The Balaban J connectivity index is 1.93.